The van der Waals surface area contributed by atoms with E-state index in [-0.39, 0.29) is 28.3 Å². The molecule has 106 valence electrons. The minimum atomic E-state index is -2.71. The average Bonchev–Trinajstić information content (AvgIpc) is 2.79. The van der Waals surface area contributed by atoms with E-state index in [0.717, 1.165) is 0 Å². The molecule has 1 aromatic carbocycles. The first-order valence-electron chi connectivity index (χ1n) is 5.68. The van der Waals surface area contributed by atoms with Crippen LogP contribution < -0.4 is 4.74 Å². The maximum Gasteiger partial charge on any atom is 0.356 e. The van der Waals surface area contributed by atoms with E-state index in [1.807, 2.05) is 0 Å². The summed E-state index contributed by atoms with van der Waals surface area (Å²) in [5.74, 6) is -0.983. The molecule has 0 aliphatic carbocycles. The minimum absolute atomic E-state index is 0.146. The molecule has 5 nitrogen and oxygen atoms in total. The Labute approximate surface area is 113 Å². The molecule has 2 aromatic rings. The van der Waals surface area contributed by atoms with Crippen molar-refractivity contribution in [3.8, 4) is 17.0 Å². The molecule has 0 unspecified atom stereocenters. The van der Waals surface area contributed by atoms with Crippen LogP contribution in [0.2, 0.25) is 0 Å². The fourth-order valence-corrected chi connectivity index (χ4v) is 1.98. The maximum atomic E-state index is 13.1. The Hall–Kier alpha value is -2.44. The normalized spacial score (nSPS) is 10.8. The molecule has 0 radical (unpaired) electrons. The minimum Gasteiger partial charge on any atom is -0.496 e. The van der Waals surface area contributed by atoms with Crippen molar-refractivity contribution in [3.05, 3.63) is 35.5 Å². The second-order valence-corrected chi connectivity index (χ2v) is 4.07. The number of carboxylic acid groups (broad SMARTS) is 1. The molecule has 1 aromatic heterocycles. The van der Waals surface area contributed by atoms with Gasteiger partial charge < -0.3 is 9.84 Å². The van der Waals surface area contributed by atoms with Crippen LogP contribution in [0, 0.1) is 0 Å². The van der Waals surface area contributed by atoms with Crippen LogP contribution in [-0.2, 0) is 7.05 Å². The zero-order chi connectivity index (χ0) is 14.9. The van der Waals surface area contributed by atoms with Crippen molar-refractivity contribution in [2.45, 2.75) is 6.43 Å². The average molecular weight is 282 g/mol. The van der Waals surface area contributed by atoms with Crippen molar-refractivity contribution in [1.29, 1.82) is 0 Å². The third-order valence-corrected chi connectivity index (χ3v) is 2.87. The number of carboxylic acids is 1. The zero-order valence-electron chi connectivity index (χ0n) is 10.8. The van der Waals surface area contributed by atoms with Gasteiger partial charge in [-0.2, -0.15) is 5.10 Å². The summed E-state index contributed by atoms with van der Waals surface area (Å²) in [7, 11) is 2.85. The molecule has 0 spiro atoms. The Morgan fingerprint density at radius 2 is 2.15 bits per heavy atom. The molecule has 0 saturated heterocycles. The van der Waals surface area contributed by atoms with Crippen LogP contribution in [0.5, 0.6) is 5.75 Å². The van der Waals surface area contributed by atoms with Crippen molar-refractivity contribution >= 4 is 5.97 Å². The zero-order valence-corrected chi connectivity index (χ0v) is 10.8. The molecule has 0 aliphatic heterocycles. The lowest BCUT2D eigenvalue weighted by molar-refractivity contribution is 0.0689. The number of carbonyl (C=O) groups is 1. The SMILES string of the molecule is COc1cccc(C(F)F)c1-c1cc(C(=O)O)nn1C. The Kier molecular flexibility index (Phi) is 3.69. The molecular weight excluding hydrogens is 270 g/mol. The number of halogens is 2. The molecule has 0 atom stereocenters. The quantitative estimate of drug-likeness (QED) is 0.936. The predicted octanol–water partition coefficient (Wildman–Crippen LogP) is 2.73. The van der Waals surface area contributed by atoms with E-state index in [2.05, 4.69) is 5.10 Å². The number of nitrogens with zero attached hydrogens (tertiary/aromatic N) is 2. The lowest BCUT2D eigenvalue weighted by Gasteiger charge is -2.13. The van der Waals surface area contributed by atoms with Crippen LogP contribution in [0.1, 0.15) is 22.5 Å². The summed E-state index contributed by atoms with van der Waals surface area (Å²) in [5, 5.41) is 12.7. The highest BCUT2D eigenvalue weighted by Crippen LogP contribution is 2.38. The van der Waals surface area contributed by atoms with Gasteiger partial charge >= 0.3 is 5.97 Å². The number of hydrogen-bond acceptors (Lipinski definition) is 3. The van der Waals surface area contributed by atoms with Gasteiger partial charge in [-0.15, -0.1) is 0 Å². The molecule has 0 fully saturated rings. The van der Waals surface area contributed by atoms with Gasteiger partial charge in [0.25, 0.3) is 6.43 Å². The molecule has 0 bridgehead atoms. The van der Waals surface area contributed by atoms with Crippen molar-refractivity contribution in [1.82, 2.24) is 9.78 Å². The number of alkyl halides is 2. The molecule has 2 rings (SSSR count). The van der Waals surface area contributed by atoms with E-state index >= 15 is 0 Å². The number of ether oxygens (including phenoxy) is 1. The van der Waals surface area contributed by atoms with Crippen LogP contribution in [0.25, 0.3) is 11.3 Å². The number of benzene rings is 1. The van der Waals surface area contributed by atoms with Gasteiger partial charge in [-0.25, -0.2) is 13.6 Å². The number of aryl methyl sites for hydroxylation is 1. The van der Waals surface area contributed by atoms with Crippen molar-refractivity contribution in [3.63, 3.8) is 0 Å². The van der Waals surface area contributed by atoms with Crippen LogP contribution in [-0.4, -0.2) is 28.0 Å². The van der Waals surface area contributed by atoms with E-state index in [1.165, 1.54) is 43.1 Å². The van der Waals surface area contributed by atoms with Crippen LogP contribution in [0.4, 0.5) is 8.78 Å². The Morgan fingerprint density at radius 1 is 1.45 bits per heavy atom. The van der Waals surface area contributed by atoms with Gasteiger partial charge in [-0.05, 0) is 12.1 Å². The highest BCUT2D eigenvalue weighted by Gasteiger charge is 2.22. The molecule has 1 N–H and O–H groups in total. The summed E-state index contributed by atoms with van der Waals surface area (Å²) in [6.45, 7) is 0. The third-order valence-electron chi connectivity index (χ3n) is 2.87. The predicted molar refractivity (Wildman–Crippen MR) is 67.1 cm³/mol. The molecule has 0 aliphatic rings. The highest BCUT2D eigenvalue weighted by atomic mass is 19.3. The largest absolute Gasteiger partial charge is 0.496 e. The van der Waals surface area contributed by atoms with E-state index in [0.29, 0.717) is 0 Å². The van der Waals surface area contributed by atoms with Crippen molar-refractivity contribution in [2.75, 3.05) is 7.11 Å². The van der Waals surface area contributed by atoms with E-state index in [1.54, 1.807) is 0 Å². The molecule has 7 heteroatoms. The lowest BCUT2D eigenvalue weighted by atomic mass is 10.0. The summed E-state index contributed by atoms with van der Waals surface area (Å²) in [6.07, 6.45) is -2.71. The second-order valence-electron chi connectivity index (χ2n) is 4.07. The summed E-state index contributed by atoms with van der Waals surface area (Å²) in [6, 6.07) is 5.51. The topological polar surface area (TPSA) is 64.3 Å². The smallest absolute Gasteiger partial charge is 0.356 e. The fourth-order valence-electron chi connectivity index (χ4n) is 1.98. The van der Waals surface area contributed by atoms with Gasteiger partial charge in [0.1, 0.15) is 5.75 Å². The number of aromatic nitrogens is 2. The maximum absolute atomic E-state index is 13.1. The first kappa shape index (κ1) is 14.0. The molecule has 20 heavy (non-hydrogen) atoms. The Balaban J connectivity index is 2.70. The van der Waals surface area contributed by atoms with Gasteiger partial charge in [0.15, 0.2) is 5.69 Å². The summed E-state index contributed by atoms with van der Waals surface area (Å²) >= 11 is 0. The first-order valence-corrected chi connectivity index (χ1v) is 5.68. The van der Waals surface area contributed by atoms with E-state index < -0.39 is 12.4 Å². The molecular formula is C13H12F2N2O3. The standard InChI is InChI=1S/C13H12F2N2O3/c1-17-9(6-8(16-17)13(18)19)11-7(12(14)15)4-3-5-10(11)20-2/h3-6,12H,1-2H3,(H,18,19). The van der Waals surface area contributed by atoms with Gasteiger partial charge in [-0.1, -0.05) is 12.1 Å². The molecule has 1 heterocycles. The summed E-state index contributed by atoms with van der Waals surface area (Å²) in [5.41, 5.74) is -0.0411. The van der Waals surface area contributed by atoms with E-state index in [9.17, 15) is 13.6 Å². The third kappa shape index (κ3) is 2.34. The fraction of sp³-hybridized carbons (Fsp3) is 0.231. The molecule has 0 amide bonds. The van der Waals surface area contributed by atoms with Gasteiger partial charge in [-0.3, -0.25) is 4.68 Å². The highest BCUT2D eigenvalue weighted by molar-refractivity contribution is 5.87. The van der Waals surface area contributed by atoms with Crippen LogP contribution >= 0.6 is 0 Å². The molecule has 0 saturated carbocycles. The second kappa shape index (κ2) is 5.28. The Morgan fingerprint density at radius 3 is 2.65 bits per heavy atom. The summed E-state index contributed by atoms with van der Waals surface area (Å²) in [4.78, 5) is 10.9. The van der Waals surface area contributed by atoms with Gasteiger partial charge in [0.2, 0.25) is 0 Å². The van der Waals surface area contributed by atoms with E-state index in [4.69, 9.17) is 9.84 Å². The summed E-state index contributed by atoms with van der Waals surface area (Å²) < 4.78 is 32.6. The van der Waals surface area contributed by atoms with Crippen molar-refractivity contribution < 1.29 is 23.4 Å². The van der Waals surface area contributed by atoms with Crippen LogP contribution in [0.3, 0.4) is 0 Å². The lowest BCUT2D eigenvalue weighted by Crippen LogP contribution is -2.01. The van der Waals surface area contributed by atoms with Gasteiger partial charge in [0.05, 0.1) is 18.4 Å². The monoisotopic (exact) mass is 282 g/mol. The number of hydrogen-bond donors (Lipinski definition) is 1. The Bertz CT molecular complexity index is 653. The van der Waals surface area contributed by atoms with Crippen molar-refractivity contribution in [2.24, 2.45) is 7.05 Å². The van der Waals surface area contributed by atoms with Crippen LogP contribution in [0.15, 0.2) is 24.3 Å². The first-order chi connectivity index (χ1) is 9.45. The number of methoxy groups -OCH3 is 1. The number of rotatable bonds is 4. The van der Waals surface area contributed by atoms with Gasteiger partial charge in [0, 0.05) is 12.6 Å². The number of aromatic carboxylic acids is 1.